The van der Waals surface area contributed by atoms with E-state index in [-0.39, 0.29) is 0 Å². The number of methoxy groups -OCH3 is 1. The van der Waals surface area contributed by atoms with Crippen LogP contribution in [0.5, 0.6) is 5.75 Å². The van der Waals surface area contributed by atoms with Crippen LogP contribution in [0, 0.1) is 0 Å². The van der Waals surface area contributed by atoms with Crippen LogP contribution in [0.1, 0.15) is 17.2 Å². The SMILES string of the molecule is COc1ccc(Cl)cc1C(O)c1ccccc1SC. The lowest BCUT2D eigenvalue weighted by Crippen LogP contribution is -2.03. The van der Waals surface area contributed by atoms with Gasteiger partial charge in [-0.25, -0.2) is 0 Å². The van der Waals surface area contributed by atoms with Crippen molar-refractivity contribution in [2.24, 2.45) is 0 Å². The normalized spacial score (nSPS) is 12.2. The monoisotopic (exact) mass is 294 g/mol. The smallest absolute Gasteiger partial charge is 0.125 e. The van der Waals surface area contributed by atoms with Crippen molar-refractivity contribution < 1.29 is 9.84 Å². The molecule has 19 heavy (non-hydrogen) atoms. The third kappa shape index (κ3) is 3.06. The van der Waals surface area contributed by atoms with E-state index >= 15 is 0 Å². The first-order valence-corrected chi connectivity index (χ1v) is 7.42. The second-order valence-corrected chi connectivity index (χ2v) is 5.32. The molecule has 1 atom stereocenters. The lowest BCUT2D eigenvalue weighted by Gasteiger charge is -2.17. The fourth-order valence-electron chi connectivity index (χ4n) is 1.98. The third-order valence-corrected chi connectivity index (χ3v) is 3.97. The van der Waals surface area contributed by atoms with E-state index < -0.39 is 6.10 Å². The van der Waals surface area contributed by atoms with Gasteiger partial charge in [0.15, 0.2) is 0 Å². The summed E-state index contributed by atoms with van der Waals surface area (Å²) in [5, 5.41) is 11.2. The summed E-state index contributed by atoms with van der Waals surface area (Å²) in [6.45, 7) is 0. The van der Waals surface area contributed by atoms with Gasteiger partial charge in [-0.2, -0.15) is 0 Å². The second kappa shape index (κ2) is 6.33. The van der Waals surface area contributed by atoms with Gasteiger partial charge in [0.2, 0.25) is 0 Å². The zero-order chi connectivity index (χ0) is 13.8. The fraction of sp³-hybridized carbons (Fsp3) is 0.200. The van der Waals surface area contributed by atoms with Crippen molar-refractivity contribution in [1.82, 2.24) is 0 Å². The highest BCUT2D eigenvalue weighted by Crippen LogP contribution is 2.35. The fourth-order valence-corrected chi connectivity index (χ4v) is 2.79. The molecule has 4 heteroatoms. The molecule has 2 rings (SSSR count). The van der Waals surface area contributed by atoms with Gasteiger partial charge >= 0.3 is 0 Å². The van der Waals surface area contributed by atoms with Crippen molar-refractivity contribution in [1.29, 1.82) is 0 Å². The molecule has 0 heterocycles. The Bertz CT molecular complexity index is 572. The van der Waals surface area contributed by atoms with Crippen LogP contribution < -0.4 is 4.74 Å². The third-order valence-electron chi connectivity index (χ3n) is 2.92. The maximum Gasteiger partial charge on any atom is 0.125 e. The van der Waals surface area contributed by atoms with Crippen LogP contribution in [-0.2, 0) is 0 Å². The van der Waals surface area contributed by atoms with Gasteiger partial charge in [-0.05, 0) is 36.1 Å². The van der Waals surface area contributed by atoms with Gasteiger partial charge < -0.3 is 9.84 Å². The van der Waals surface area contributed by atoms with Crippen LogP contribution in [0.25, 0.3) is 0 Å². The molecule has 0 aromatic heterocycles. The van der Waals surface area contributed by atoms with Gasteiger partial charge in [-0.15, -0.1) is 11.8 Å². The van der Waals surface area contributed by atoms with E-state index in [4.69, 9.17) is 16.3 Å². The molecule has 0 aliphatic carbocycles. The molecule has 2 aromatic rings. The number of hydrogen-bond donors (Lipinski definition) is 1. The molecule has 0 fully saturated rings. The van der Waals surface area contributed by atoms with Gasteiger partial charge in [0.05, 0.1) is 7.11 Å². The number of benzene rings is 2. The first-order valence-electron chi connectivity index (χ1n) is 5.81. The molecular weight excluding hydrogens is 280 g/mol. The van der Waals surface area contributed by atoms with E-state index in [1.807, 2.05) is 30.5 Å². The quantitative estimate of drug-likeness (QED) is 0.859. The number of halogens is 1. The summed E-state index contributed by atoms with van der Waals surface area (Å²) in [5.41, 5.74) is 1.53. The van der Waals surface area contributed by atoms with Crippen LogP contribution in [0.3, 0.4) is 0 Å². The van der Waals surface area contributed by atoms with Gasteiger partial charge in [-0.1, -0.05) is 29.8 Å². The Morgan fingerprint density at radius 3 is 2.58 bits per heavy atom. The Hall–Kier alpha value is -1.16. The van der Waals surface area contributed by atoms with Crippen LogP contribution in [0.2, 0.25) is 5.02 Å². The molecule has 100 valence electrons. The number of aliphatic hydroxyl groups is 1. The predicted molar refractivity (Wildman–Crippen MR) is 80.3 cm³/mol. The van der Waals surface area contributed by atoms with Crippen molar-refractivity contribution >= 4 is 23.4 Å². The average molecular weight is 295 g/mol. The summed E-state index contributed by atoms with van der Waals surface area (Å²) in [6, 6.07) is 13.0. The molecule has 2 aromatic carbocycles. The standard InChI is InChI=1S/C15H15ClO2S/c1-18-13-8-7-10(16)9-12(13)15(17)11-5-3-4-6-14(11)19-2/h3-9,15,17H,1-2H3. The molecule has 0 spiro atoms. The topological polar surface area (TPSA) is 29.5 Å². The molecule has 0 amide bonds. The molecular formula is C15H15ClO2S. The van der Waals surface area contributed by atoms with E-state index in [0.29, 0.717) is 16.3 Å². The molecule has 2 nitrogen and oxygen atoms in total. The average Bonchev–Trinajstić information content (AvgIpc) is 2.46. The zero-order valence-corrected chi connectivity index (χ0v) is 12.3. The summed E-state index contributed by atoms with van der Waals surface area (Å²) in [6.07, 6.45) is 1.23. The Labute approximate surface area is 122 Å². The van der Waals surface area contributed by atoms with Crippen LogP contribution >= 0.6 is 23.4 Å². The second-order valence-electron chi connectivity index (χ2n) is 4.03. The highest BCUT2D eigenvalue weighted by atomic mass is 35.5. The molecule has 0 radical (unpaired) electrons. The van der Waals surface area contributed by atoms with E-state index in [1.165, 1.54) is 0 Å². The maximum absolute atomic E-state index is 10.6. The summed E-state index contributed by atoms with van der Waals surface area (Å²) in [7, 11) is 1.58. The van der Waals surface area contributed by atoms with Gasteiger partial charge in [-0.3, -0.25) is 0 Å². The minimum absolute atomic E-state index is 0.580. The summed E-state index contributed by atoms with van der Waals surface area (Å²) in [5.74, 6) is 0.632. The maximum atomic E-state index is 10.6. The van der Waals surface area contributed by atoms with Crippen LogP contribution in [0.4, 0.5) is 0 Å². The first-order chi connectivity index (χ1) is 9.17. The van der Waals surface area contributed by atoms with Gasteiger partial charge in [0, 0.05) is 15.5 Å². The van der Waals surface area contributed by atoms with Gasteiger partial charge in [0.25, 0.3) is 0 Å². The molecule has 0 saturated heterocycles. The lowest BCUT2D eigenvalue weighted by atomic mass is 10.0. The van der Waals surface area contributed by atoms with Crippen molar-refractivity contribution in [2.75, 3.05) is 13.4 Å². The minimum Gasteiger partial charge on any atom is -0.496 e. The van der Waals surface area contributed by atoms with E-state index in [0.717, 1.165) is 10.5 Å². The Morgan fingerprint density at radius 2 is 1.89 bits per heavy atom. The largest absolute Gasteiger partial charge is 0.496 e. The molecule has 0 aliphatic heterocycles. The Balaban J connectivity index is 2.49. The number of rotatable bonds is 4. The molecule has 1 unspecified atom stereocenters. The lowest BCUT2D eigenvalue weighted by molar-refractivity contribution is 0.212. The van der Waals surface area contributed by atoms with Crippen molar-refractivity contribution in [3.63, 3.8) is 0 Å². The highest BCUT2D eigenvalue weighted by molar-refractivity contribution is 7.98. The molecule has 1 N–H and O–H groups in total. The summed E-state index contributed by atoms with van der Waals surface area (Å²) >= 11 is 7.61. The number of ether oxygens (including phenoxy) is 1. The summed E-state index contributed by atoms with van der Waals surface area (Å²) in [4.78, 5) is 1.04. The van der Waals surface area contributed by atoms with Crippen LogP contribution in [-0.4, -0.2) is 18.5 Å². The van der Waals surface area contributed by atoms with Crippen molar-refractivity contribution in [2.45, 2.75) is 11.0 Å². The van der Waals surface area contributed by atoms with E-state index in [1.54, 1.807) is 37.1 Å². The minimum atomic E-state index is -0.753. The number of aliphatic hydroxyl groups excluding tert-OH is 1. The number of hydrogen-bond acceptors (Lipinski definition) is 3. The number of thioether (sulfide) groups is 1. The van der Waals surface area contributed by atoms with Crippen molar-refractivity contribution in [3.05, 3.63) is 58.6 Å². The molecule has 0 saturated carbocycles. The van der Waals surface area contributed by atoms with E-state index in [2.05, 4.69) is 0 Å². The van der Waals surface area contributed by atoms with Gasteiger partial charge in [0.1, 0.15) is 11.9 Å². The van der Waals surface area contributed by atoms with Crippen molar-refractivity contribution in [3.8, 4) is 5.75 Å². The zero-order valence-electron chi connectivity index (χ0n) is 10.8. The van der Waals surface area contributed by atoms with Crippen LogP contribution in [0.15, 0.2) is 47.4 Å². The van der Waals surface area contributed by atoms with E-state index in [9.17, 15) is 5.11 Å². The first kappa shape index (κ1) is 14.3. The Kier molecular flexibility index (Phi) is 4.75. The Morgan fingerprint density at radius 1 is 1.16 bits per heavy atom. The highest BCUT2D eigenvalue weighted by Gasteiger charge is 2.18. The molecule has 0 bridgehead atoms. The summed E-state index contributed by atoms with van der Waals surface area (Å²) < 4.78 is 5.29. The predicted octanol–water partition coefficient (Wildman–Crippen LogP) is 4.15. The molecule has 0 aliphatic rings.